The van der Waals surface area contributed by atoms with Crippen LogP contribution in [0.1, 0.15) is 18.4 Å². The van der Waals surface area contributed by atoms with E-state index in [1.54, 1.807) is 11.7 Å². The number of β-amino-alcohol motifs (C(OH)–C–C–N with tert-alkyl or cyclic N) is 1. The van der Waals surface area contributed by atoms with Crippen molar-refractivity contribution in [2.75, 3.05) is 6.54 Å². The van der Waals surface area contributed by atoms with E-state index in [0.29, 0.717) is 24.7 Å². The molecule has 3 heterocycles. The lowest BCUT2D eigenvalue weighted by Crippen LogP contribution is -2.15. The third kappa shape index (κ3) is 1.73. The first-order valence-electron chi connectivity index (χ1n) is 4.97. The van der Waals surface area contributed by atoms with Crippen LogP contribution >= 0.6 is 11.3 Å². The van der Waals surface area contributed by atoms with Crippen molar-refractivity contribution in [2.24, 2.45) is 0 Å². The van der Waals surface area contributed by atoms with Gasteiger partial charge in [0.2, 0.25) is 11.7 Å². The molecule has 2 aromatic heterocycles. The summed E-state index contributed by atoms with van der Waals surface area (Å²) in [5.74, 6) is 1.08. The van der Waals surface area contributed by atoms with E-state index in [9.17, 15) is 5.11 Å². The van der Waals surface area contributed by atoms with Crippen LogP contribution < -0.4 is 5.32 Å². The van der Waals surface area contributed by atoms with Gasteiger partial charge < -0.3 is 14.9 Å². The Balaban J connectivity index is 1.83. The maximum Gasteiger partial charge on any atom is 0.244 e. The van der Waals surface area contributed by atoms with Crippen LogP contribution in [0.5, 0.6) is 0 Å². The molecule has 84 valence electrons. The van der Waals surface area contributed by atoms with Crippen LogP contribution in [0.15, 0.2) is 16.2 Å². The highest BCUT2D eigenvalue weighted by atomic mass is 32.1. The van der Waals surface area contributed by atoms with Crippen molar-refractivity contribution in [1.82, 2.24) is 20.4 Å². The largest absolute Gasteiger partial charge is 0.392 e. The zero-order valence-corrected chi connectivity index (χ0v) is 9.15. The van der Waals surface area contributed by atoms with Crippen molar-refractivity contribution >= 4 is 11.3 Å². The van der Waals surface area contributed by atoms with Gasteiger partial charge in [-0.1, -0.05) is 5.16 Å². The SMILES string of the molecule is O[C@@H]1CN[C@@H](c2nc(-c3cncs3)no2)C1. The van der Waals surface area contributed by atoms with Crippen LogP contribution in [0.2, 0.25) is 0 Å². The molecule has 1 aliphatic rings. The molecule has 2 aromatic rings. The lowest BCUT2D eigenvalue weighted by Gasteiger charge is -2.01. The lowest BCUT2D eigenvalue weighted by molar-refractivity contribution is 0.191. The fourth-order valence-corrected chi connectivity index (χ4v) is 2.25. The summed E-state index contributed by atoms with van der Waals surface area (Å²) in [7, 11) is 0. The smallest absolute Gasteiger partial charge is 0.244 e. The molecule has 3 rings (SSSR count). The minimum absolute atomic E-state index is 0.0378. The summed E-state index contributed by atoms with van der Waals surface area (Å²) < 4.78 is 5.16. The van der Waals surface area contributed by atoms with Crippen molar-refractivity contribution in [3.8, 4) is 10.7 Å². The molecule has 0 unspecified atom stereocenters. The molecule has 1 fully saturated rings. The molecule has 7 heteroatoms. The fraction of sp³-hybridized carbons (Fsp3) is 0.444. The molecule has 1 aliphatic heterocycles. The second-order valence-electron chi connectivity index (χ2n) is 3.67. The van der Waals surface area contributed by atoms with Crippen LogP contribution in [-0.4, -0.2) is 32.9 Å². The van der Waals surface area contributed by atoms with E-state index in [-0.39, 0.29) is 12.1 Å². The minimum atomic E-state index is -0.330. The average Bonchev–Trinajstić information content (AvgIpc) is 2.97. The van der Waals surface area contributed by atoms with Gasteiger partial charge in [0.05, 0.1) is 22.5 Å². The molecule has 0 aromatic carbocycles. The molecule has 0 spiro atoms. The van der Waals surface area contributed by atoms with E-state index >= 15 is 0 Å². The van der Waals surface area contributed by atoms with Crippen molar-refractivity contribution < 1.29 is 9.63 Å². The summed E-state index contributed by atoms with van der Waals surface area (Å²) in [6.07, 6.45) is 1.99. The van der Waals surface area contributed by atoms with E-state index in [2.05, 4.69) is 20.4 Å². The minimum Gasteiger partial charge on any atom is -0.392 e. The summed E-state index contributed by atoms with van der Waals surface area (Å²) in [5, 5.41) is 16.4. The highest BCUT2D eigenvalue weighted by molar-refractivity contribution is 7.13. The van der Waals surface area contributed by atoms with E-state index < -0.39 is 0 Å². The second-order valence-corrected chi connectivity index (χ2v) is 4.56. The molecule has 0 radical (unpaired) electrons. The zero-order valence-electron chi connectivity index (χ0n) is 8.33. The van der Waals surface area contributed by atoms with Crippen LogP contribution in [0.3, 0.4) is 0 Å². The van der Waals surface area contributed by atoms with Crippen molar-refractivity contribution in [2.45, 2.75) is 18.6 Å². The quantitative estimate of drug-likeness (QED) is 0.796. The maximum atomic E-state index is 9.39. The lowest BCUT2D eigenvalue weighted by atomic mass is 10.2. The predicted molar refractivity (Wildman–Crippen MR) is 56.8 cm³/mol. The standard InChI is InChI=1S/C9H10N4O2S/c14-5-1-6(11-2-5)9-12-8(13-15-9)7-3-10-4-16-7/h3-6,11,14H,1-2H2/t5-,6+/m0/s1. The maximum absolute atomic E-state index is 9.39. The third-order valence-corrected chi connectivity index (χ3v) is 3.27. The Morgan fingerprint density at radius 1 is 1.56 bits per heavy atom. The van der Waals surface area contributed by atoms with Gasteiger partial charge in [-0.25, -0.2) is 0 Å². The molecule has 0 saturated carbocycles. The molecule has 0 amide bonds. The van der Waals surface area contributed by atoms with E-state index in [1.807, 2.05) is 0 Å². The number of hydrogen-bond acceptors (Lipinski definition) is 7. The van der Waals surface area contributed by atoms with Gasteiger partial charge in [-0.05, 0) is 6.42 Å². The highest BCUT2D eigenvalue weighted by Gasteiger charge is 2.28. The van der Waals surface area contributed by atoms with Crippen LogP contribution in [-0.2, 0) is 0 Å². The number of nitrogens with zero attached hydrogens (tertiary/aromatic N) is 3. The van der Waals surface area contributed by atoms with E-state index in [4.69, 9.17) is 4.52 Å². The van der Waals surface area contributed by atoms with Crippen molar-refractivity contribution in [1.29, 1.82) is 0 Å². The monoisotopic (exact) mass is 238 g/mol. The number of thiazole rings is 1. The molecular weight excluding hydrogens is 228 g/mol. The Kier molecular flexibility index (Phi) is 2.43. The summed E-state index contributed by atoms with van der Waals surface area (Å²) in [4.78, 5) is 9.13. The number of nitrogens with one attached hydrogen (secondary N) is 1. The zero-order chi connectivity index (χ0) is 11.0. The summed E-state index contributed by atoms with van der Waals surface area (Å²) in [6, 6.07) is -0.0378. The fourth-order valence-electron chi connectivity index (χ4n) is 1.71. The normalized spacial score (nSPS) is 25.1. The Morgan fingerprint density at radius 3 is 3.19 bits per heavy atom. The first-order valence-corrected chi connectivity index (χ1v) is 5.85. The van der Waals surface area contributed by atoms with Gasteiger partial charge in [0, 0.05) is 12.7 Å². The van der Waals surface area contributed by atoms with E-state index in [0.717, 1.165) is 4.88 Å². The third-order valence-electron chi connectivity index (χ3n) is 2.50. The van der Waals surface area contributed by atoms with Gasteiger partial charge >= 0.3 is 0 Å². The van der Waals surface area contributed by atoms with Gasteiger partial charge in [-0.3, -0.25) is 4.98 Å². The molecule has 16 heavy (non-hydrogen) atoms. The first-order chi connectivity index (χ1) is 7.83. The Labute approximate surface area is 95.3 Å². The highest BCUT2D eigenvalue weighted by Crippen LogP contribution is 2.25. The molecule has 2 atom stereocenters. The van der Waals surface area contributed by atoms with Gasteiger partial charge in [0.1, 0.15) is 0 Å². The molecule has 1 saturated heterocycles. The van der Waals surface area contributed by atoms with Gasteiger partial charge in [-0.15, -0.1) is 11.3 Å². The number of rotatable bonds is 2. The van der Waals surface area contributed by atoms with E-state index in [1.165, 1.54) is 11.3 Å². The first kappa shape index (κ1) is 9.88. The molecule has 0 aliphatic carbocycles. The Hall–Kier alpha value is -1.31. The predicted octanol–water partition coefficient (Wildman–Crippen LogP) is 0.588. The van der Waals surface area contributed by atoms with Crippen molar-refractivity contribution in [3.05, 3.63) is 17.6 Å². The van der Waals surface area contributed by atoms with Crippen molar-refractivity contribution in [3.63, 3.8) is 0 Å². The average molecular weight is 238 g/mol. The molecular formula is C9H10N4O2S. The van der Waals surface area contributed by atoms with Crippen LogP contribution in [0.25, 0.3) is 10.7 Å². The molecule has 0 bridgehead atoms. The second kappa shape index (κ2) is 3.93. The Morgan fingerprint density at radius 2 is 2.50 bits per heavy atom. The molecule has 6 nitrogen and oxygen atoms in total. The van der Waals surface area contributed by atoms with Gasteiger partial charge in [0.15, 0.2) is 0 Å². The van der Waals surface area contributed by atoms with Crippen LogP contribution in [0.4, 0.5) is 0 Å². The number of aromatic nitrogens is 3. The van der Waals surface area contributed by atoms with Gasteiger partial charge in [-0.2, -0.15) is 4.98 Å². The number of hydrogen-bond donors (Lipinski definition) is 2. The summed E-state index contributed by atoms with van der Waals surface area (Å²) in [5.41, 5.74) is 1.73. The number of aliphatic hydroxyl groups is 1. The van der Waals surface area contributed by atoms with Crippen LogP contribution in [0, 0.1) is 0 Å². The topological polar surface area (TPSA) is 84.1 Å². The summed E-state index contributed by atoms with van der Waals surface area (Å²) >= 11 is 1.47. The van der Waals surface area contributed by atoms with Gasteiger partial charge in [0.25, 0.3) is 0 Å². The number of aliphatic hydroxyl groups excluding tert-OH is 1. The molecule has 2 N–H and O–H groups in total. The Bertz CT molecular complexity index is 470. The summed E-state index contributed by atoms with van der Waals surface area (Å²) in [6.45, 7) is 0.572.